The Labute approximate surface area is 195 Å². The largest absolute Gasteiger partial charge is 0.493 e. The van der Waals surface area contributed by atoms with Crippen LogP contribution >= 0.6 is 0 Å². The van der Waals surface area contributed by atoms with Crippen molar-refractivity contribution in [2.75, 3.05) is 18.6 Å². The zero-order chi connectivity index (χ0) is 24.3. The lowest BCUT2D eigenvalue weighted by Crippen LogP contribution is -2.36. The number of carbonyl (C=O) groups is 1. The minimum atomic E-state index is -3.22. The summed E-state index contributed by atoms with van der Waals surface area (Å²) in [6.07, 6.45) is 2.86. The first-order valence-corrected chi connectivity index (χ1v) is 12.1. The second kappa shape index (κ2) is 9.36. The molecular weight excluding hydrogens is 460 g/mol. The summed E-state index contributed by atoms with van der Waals surface area (Å²) in [5.41, 5.74) is -0.766. The van der Waals surface area contributed by atoms with Crippen LogP contribution in [0.3, 0.4) is 0 Å². The lowest BCUT2D eigenvalue weighted by Gasteiger charge is -2.13. The number of carbonyl (C=O) groups excluding carboxylic acids is 1. The summed E-state index contributed by atoms with van der Waals surface area (Å²) in [5.74, 6) is -0.454. The predicted octanol–water partition coefficient (Wildman–Crippen LogP) is 1.71. The maximum atomic E-state index is 13.2. The van der Waals surface area contributed by atoms with E-state index in [0.29, 0.717) is 11.4 Å². The highest BCUT2D eigenvalue weighted by Crippen LogP contribution is 2.31. The average Bonchev–Trinajstić information content (AvgIpc) is 3.17. The second-order valence-electron chi connectivity index (χ2n) is 7.56. The number of nitrogens with one attached hydrogen (secondary N) is 1. The van der Waals surface area contributed by atoms with Crippen LogP contribution < -0.4 is 20.3 Å². The molecule has 1 aliphatic heterocycles. The highest BCUT2D eigenvalue weighted by Gasteiger charge is 2.30. The Kier molecular flexibility index (Phi) is 6.34. The lowest BCUT2D eigenvalue weighted by atomic mass is 10.1. The Balaban J connectivity index is 1.78. The molecule has 34 heavy (non-hydrogen) atoms. The highest BCUT2D eigenvalue weighted by molar-refractivity contribution is 7.91. The van der Waals surface area contributed by atoms with Crippen LogP contribution in [-0.2, 0) is 14.6 Å². The Bertz CT molecular complexity index is 1500. The number of benzene rings is 1. The van der Waals surface area contributed by atoms with Gasteiger partial charge in [0.2, 0.25) is 5.88 Å². The number of hydrogen-bond donors (Lipinski definition) is 1. The predicted molar refractivity (Wildman–Crippen MR) is 123 cm³/mol. The average molecular weight is 481 g/mol. The van der Waals surface area contributed by atoms with Gasteiger partial charge in [0, 0.05) is 12.2 Å². The zero-order valence-corrected chi connectivity index (χ0v) is 18.9. The molecule has 4 rings (SSSR count). The Morgan fingerprint density at radius 2 is 1.97 bits per heavy atom. The Morgan fingerprint density at radius 1 is 1.24 bits per heavy atom. The molecule has 0 saturated carbocycles. The molecular formula is C23H20N4O6S. The van der Waals surface area contributed by atoms with E-state index in [4.69, 9.17) is 9.47 Å². The fourth-order valence-electron chi connectivity index (χ4n) is 3.56. The van der Waals surface area contributed by atoms with Gasteiger partial charge in [-0.15, -0.1) is 0 Å². The number of sulfone groups is 1. The first-order valence-electron chi connectivity index (χ1n) is 10.3. The summed E-state index contributed by atoms with van der Waals surface area (Å²) >= 11 is 0. The zero-order valence-electron chi connectivity index (χ0n) is 18.1. The number of para-hydroxylation sites is 2. The van der Waals surface area contributed by atoms with Crippen molar-refractivity contribution in [2.45, 2.75) is 12.5 Å². The third-order valence-corrected chi connectivity index (χ3v) is 7.00. The van der Waals surface area contributed by atoms with Crippen LogP contribution in [0.2, 0.25) is 0 Å². The van der Waals surface area contributed by atoms with Gasteiger partial charge in [-0.25, -0.2) is 8.42 Å². The molecule has 1 amide bonds. The van der Waals surface area contributed by atoms with Gasteiger partial charge in [-0.05, 0) is 36.8 Å². The molecule has 10 nitrogen and oxygen atoms in total. The normalized spacial score (nSPS) is 17.2. The first kappa shape index (κ1) is 23.0. The van der Waals surface area contributed by atoms with Gasteiger partial charge in [-0.2, -0.15) is 10.2 Å². The third kappa shape index (κ3) is 4.77. The highest BCUT2D eigenvalue weighted by atomic mass is 32.2. The molecule has 0 aliphatic carbocycles. The molecule has 0 spiro atoms. The van der Waals surface area contributed by atoms with Gasteiger partial charge in [-0.3, -0.25) is 14.0 Å². The van der Waals surface area contributed by atoms with E-state index in [-0.39, 0.29) is 40.7 Å². The number of amides is 1. The van der Waals surface area contributed by atoms with Gasteiger partial charge < -0.3 is 14.8 Å². The van der Waals surface area contributed by atoms with Crippen molar-refractivity contribution >= 4 is 27.5 Å². The van der Waals surface area contributed by atoms with Crippen molar-refractivity contribution in [3.8, 4) is 23.4 Å². The van der Waals surface area contributed by atoms with E-state index in [1.165, 1.54) is 17.7 Å². The van der Waals surface area contributed by atoms with Crippen LogP contribution in [0.5, 0.6) is 17.4 Å². The van der Waals surface area contributed by atoms with Crippen LogP contribution in [0, 0.1) is 11.3 Å². The maximum Gasteiger partial charge on any atom is 0.269 e. The van der Waals surface area contributed by atoms with Gasteiger partial charge in [0.05, 0.1) is 18.6 Å². The lowest BCUT2D eigenvalue weighted by molar-refractivity contribution is -0.117. The van der Waals surface area contributed by atoms with Crippen LogP contribution in [0.25, 0.3) is 11.7 Å². The fraction of sp³-hybridized carbons (Fsp3) is 0.217. The number of hydrogen-bond acceptors (Lipinski definition) is 8. The van der Waals surface area contributed by atoms with E-state index in [0.717, 1.165) is 6.08 Å². The van der Waals surface area contributed by atoms with Gasteiger partial charge in [0.25, 0.3) is 11.5 Å². The van der Waals surface area contributed by atoms with Crippen molar-refractivity contribution < 1.29 is 22.7 Å². The minimum Gasteiger partial charge on any atom is -0.493 e. The van der Waals surface area contributed by atoms with Crippen molar-refractivity contribution in [1.82, 2.24) is 14.7 Å². The topological polar surface area (TPSA) is 140 Å². The number of fused-ring (bicyclic) bond motifs is 1. The molecule has 1 saturated heterocycles. The van der Waals surface area contributed by atoms with E-state index >= 15 is 0 Å². The quantitative estimate of drug-likeness (QED) is 0.415. The summed E-state index contributed by atoms with van der Waals surface area (Å²) < 4.78 is 35.8. The van der Waals surface area contributed by atoms with E-state index in [2.05, 4.69) is 10.3 Å². The van der Waals surface area contributed by atoms with Crippen LogP contribution in [-0.4, -0.2) is 48.4 Å². The van der Waals surface area contributed by atoms with Gasteiger partial charge in [0.1, 0.15) is 22.9 Å². The molecule has 1 aromatic carbocycles. The molecule has 1 aliphatic rings. The maximum absolute atomic E-state index is 13.2. The minimum absolute atomic E-state index is 0.0314. The number of nitrogens with zero attached hydrogens (tertiary/aromatic N) is 3. The molecule has 11 heteroatoms. The molecule has 3 aromatic rings. The smallest absolute Gasteiger partial charge is 0.269 e. The number of pyridine rings is 1. The molecule has 1 N–H and O–H groups in total. The number of nitriles is 1. The van der Waals surface area contributed by atoms with E-state index in [9.17, 15) is 23.3 Å². The molecule has 174 valence electrons. The summed E-state index contributed by atoms with van der Waals surface area (Å²) in [7, 11) is -1.76. The number of ether oxygens (including phenoxy) is 2. The number of rotatable bonds is 6. The Morgan fingerprint density at radius 3 is 2.65 bits per heavy atom. The molecule has 0 radical (unpaired) electrons. The first-order chi connectivity index (χ1) is 16.3. The van der Waals surface area contributed by atoms with E-state index in [1.807, 2.05) is 0 Å². The summed E-state index contributed by atoms with van der Waals surface area (Å²) in [4.78, 5) is 30.3. The van der Waals surface area contributed by atoms with Crippen LogP contribution in [0.1, 0.15) is 12.0 Å². The molecule has 1 atom stereocenters. The van der Waals surface area contributed by atoms with Crippen LogP contribution in [0.15, 0.2) is 59.0 Å². The van der Waals surface area contributed by atoms with Gasteiger partial charge in [-0.1, -0.05) is 18.2 Å². The van der Waals surface area contributed by atoms with E-state index < -0.39 is 27.3 Å². The second-order valence-corrected chi connectivity index (χ2v) is 9.79. The van der Waals surface area contributed by atoms with E-state index in [1.54, 1.807) is 48.5 Å². The molecule has 1 fully saturated rings. The summed E-state index contributed by atoms with van der Waals surface area (Å²) in [6, 6.07) is 12.9. The molecule has 2 aromatic heterocycles. The fourth-order valence-corrected chi connectivity index (χ4v) is 5.23. The monoisotopic (exact) mass is 480 g/mol. The van der Waals surface area contributed by atoms with Crippen molar-refractivity contribution in [1.29, 1.82) is 5.26 Å². The number of aromatic nitrogens is 2. The molecule has 3 heterocycles. The molecule has 0 bridgehead atoms. The Hall–Kier alpha value is -4.17. The molecule has 1 unspecified atom stereocenters. The van der Waals surface area contributed by atoms with Gasteiger partial charge >= 0.3 is 0 Å². The summed E-state index contributed by atoms with van der Waals surface area (Å²) in [6.45, 7) is 0. The van der Waals surface area contributed by atoms with Crippen molar-refractivity contribution in [3.63, 3.8) is 0 Å². The number of methoxy groups -OCH3 is 1. The summed E-state index contributed by atoms with van der Waals surface area (Å²) in [5, 5.41) is 12.2. The van der Waals surface area contributed by atoms with Gasteiger partial charge in [0.15, 0.2) is 21.3 Å². The van der Waals surface area contributed by atoms with Crippen LogP contribution in [0.4, 0.5) is 0 Å². The van der Waals surface area contributed by atoms with Crippen molar-refractivity contribution in [2.24, 2.45) is 0 Å². The standard InChI is InChI=1S/C23H20N4O6S/c1-32-18-6-2-3-7-19(18)33-22-17(23(29)27-10-5-4-8-20(27)26-22)12-15(13-24)21(28)25-16-9-11-34(30,31)14-16/h2-8,10,12,16H,9,11,14H2,1H3,(H,25,28)/b15-12+. The SMILES string of the molecule is COc1ccccc1Oc1nc2ccccn2c(=O)c1/C=C(\C#N)C(=O)NC1CCS(=O)(=O)C1. The van der Waals surface area contributed by atoms with Crippen molar-refractivity contribution in [3.05, 3.63) is 70.2 Å². The third-order valence-electron chi connectivity index (χ3n) is 5.23.